The summed E-state index contributed by atoms with van der Waals surface area (Å²) in [5, 5.41) is 4.15. The SMILES string of the molecule is COc1ccc2c(Cl)c(C(=O)Nc3ccccc3OCCOc3ccccc3)sc2c1. The van der Waals surface area contributed by atoms with Gasteiger partial charge in [0.15, 0.2) is 0 Å². The number of rotatable bonds is 8. The first kappa shape index (κ1) is 21.0. The molecule has 0 saturated carbocycles. The molecule has 0 atom stereocenters. The molecule has 0 aliphatic rings. The Kier molecular flexibility index (Phi) is 6.60. The molecule has 0 spiro atoms. The first-order valence-electron chi connectivity index (χ1n) is 9.63. The zero-order valence-electron chi connectivity index (χ0n) is 16.8. The van der Waals surface area contributed by atoms with E-state index in [1.807, 2.05) is 60.7 Å². The summed E-state index contributed by atoms with van der Waals surface area (Å²) in [6.45, 7) is 0.724. The number of methoxy groups -OCH3 is 1. The summed E-state index contributed by atoms with van der Waals surface area (Å²) in [4.78, 5) is 13.4. The van der Waals surface area contributed by atoms with E-state index in [4.69, 9.17) is 25.8 Å². The fourth-order valence-electron chi connectivity index (χ4n) is 3.02. The first-order chi connectivity index (χ1) is 15.2. The van der Waals surface area contributed by atoms with Gasteiger partial charge in [0, 0.05) is 10.1 Å². The van der Waals surface area contributed by atoms with E-state index in [-0.39, 0.29) is 5.91 Å². The molecule has 0 saturated heterocycles. The van der Waals surface area contributed by atoms with Crippen molar-refractivity contribution in [3.8, 4) is 17.2 Å². The van der Waals surface area contributed by atoms with E-state index in [9.17, 15) is 4.79 Å². The Morgan fingerprint density at radius 1 is 0.935 bits per heavy atom. The largest absolute Gasteiger partial charge is 0.497 e. The second-order valence-corrected chi connectivity index (χ2v) is 8.00. The number of thiophene rings is 1. The molecule has 31 heavy (non-hydrogen) atoms. The van der Waals surface area contributed by atoms with E-state index < -0.39 is 0 Å². The van der Waals surface area contributed by atoms with Crippen molar-refractivity contribution in [2.75, 3.05) is 25.6 Å². The van der Waals surface area contributed by atoms with Gasteiger partial charge in [-0.05, 0) is 42.5 Å². The maximum atomic E-state index is 12.9. The van der Waals surface area contributed by atoms with Crippen molar-refractivity contribution in [1.82, 2.24) is 0 Å². The number of amides is 1. The second kappa shape index (κ2) is 9.73. The van der Waals surface area contributed by atoms with Gasteiger partial charge in [-0.2, -0.15) is 0 Å². The Morgan fingerprint density at radius 3 is 2.48 bits per heavy atom. The maximum absolute atomic E-state index is 12.9. The third-order valence-corrected chi connectivity index (χ3v) is 6.19. The summed E-state index contributed by atoms with van der Waals surface area (Å²) in [5.41, 5.74) is 0.568. The molecule has 0 fully saturated rings. The van der Waals surface area contributed by atoms with Crippen molar-refractivity contribution in [3.05, 3.63) is 82.7 Å². The number of nitrogens with one attached hydrogen (secondary N) is 1. The molecule has 7 heteroatoms. The Labute approximate surface area is 189 Å². The van der Waals surface area contributed by atoms with Gasteiger partial charge < -0.3 is 19.5 Å². The topological polar surface area (TPSA) is 56.8 Å². The lowest BCUT2D eigenvalue weighted by Crippen LogP contribution is -2.14. The van der Waals surface area contributed by atoms with Crippen LogP contribution in [0.5, 0.6) is 17.2 Å². The normalized spacial score (nSPS) is 10.6. The highest BCUT2D eigenvalue weighted by atomic mass is 35.5. The van der Waals surface area contributed by atoms with Crippen LogP contribution in [0.1, 0.15) is 9.67 Å². The van der Waals surface area contributed by atoms with Crippen LogP contribution in [0.2, 0.25) is 5.02 Å². The van der Waals surface area contributed by atoms with E-state index in [1.54, 1.807) is 19.2 Å². The smallest absolute Gasteiger partial charge is 0.267 e. The van der Waals surface area contributed by atoms with Crippen molar-refractivity contribution in [1.29, 1.82) is 0 Å². The average molecular weight is 454 g/mol. The third kappa shape index (κ3) is 4.93. The summed E-state index contributed by atoms with van der Waals surface area (Å²) in [7, 11) is 1.60. The monoisotopic (exact) mass is 453 g/mol. The van der Waals surface area contributed by atoms with E-state index in [1.165, 1.54) is 11.3 Å². The molecule has 1 aromatic heterocycles. The van der Waals surface area contributed by atoms with Gasteiger partial charge >= 0.3 is 0 Å². The Balaban J connectivity index is 1.44. The van der Waals surface area contributed by atoms with Crippen LogP contribution >= 0.6 is 22.9 Å². The minimum Gasteiger partial charge on any atom is -0.497 e. The number of hydrogen-bond donors (Lipinski definition) is 1. The molecule has 0 radical (unpaired) electrons. The lowest BCUT2D eigenvalue weighted by atomic mass is 10.2. The van der Waals surface area contributed by atoms with Crippen LogP contribution in [0.4, 0.5) is 5.69 Å². The average Bonchev–Trinajstić information content (AvgIpc) is 3.14. The molecule has 0 aliphatic carbocycles. The van der Waals surface area contributed by atoms with Crippen LogP contribution in [-0.4, -0.2) is 26.2 Å². The fourth-order valence-corrected chi connectivity index (χ4v) is 4.46. The highest BCUT2D eigenvalue weighted by Gasteiger charge is 2.19. The molecule has 0 bridgehead atoms. The zero-order chi connectivity index (χ0) is 21.6. The number of hydrogen-bond acceptors (Lipinski definition) is 5. The van der Waals surface area contributed by atoms with Crippen LogP contribution in [0.25, 0.3) is 10.1 Å². The van der Waals surface area contributed by atoms with Crippen molar-refractivity contribution >= 4 is 44.6 Å². The van der Waals surface area contributed by atoms with Gasteiger partial charge in [0.25, 0.3) is 5.91 Å². The van der Waals surface area contributed by atoms with Gasteiger partial charge in [-0.25, -0.2) is 0 Å². The van der Waals surface area contributed by atoms with Gasteiger partial charge in [-0.1, -0.05) is 41.9 Å². The Bertz CT molecular complexity index is 1190. The maximum Gasteiger partial charge on any atom is 0.267 e. The molecule has 1 heterocycles. The van der Waals surface area contributed by atoms with Crippen LogP contribution in [0.15, 0.2) is 72.8 Å². The molecule has 0 aliphatic heterocycles. The van der Waals surface area contributed by atoms with Crippen molar-refractivity contribution in [2.45, 2.75) is 0 Å². The number of halogens is 1. The summed E-state index contributed by atoms with van der Waals surface area (Å²) in [6, 6.07) is 22.3. The van der Waals surface area contributed by atoms with Crippen molar-refractivity contribution in [3.63, 3.8) is 0 Å². The first-order valence-corrected chi connectivity index (χ1v) is 10.8. The van der Waals surface area contributed by atoms with E-state index in [0.29, 0.717) is 40.3 Å². The van der Waals surface area contributed by atoms with Gasteiger partial charge in [0.1, 0.15) is 35.3 Å². The number of ether oxygens (including phenoxy) is 3. The quantitative estimate of drug-likeness (QED) is 0.319. The lowest BCUT2D eigenvalue weighted by molar-refractivity contribution is 0.103. The molecule has 4 aromatic rings. The Morgan fingerprint density at radius 2 is 1.68 bits per heavy atom. The summed E-state index contributed by atoms with van der Waals surface area (Å²) in [5.74, 6) is 1.77. The van der Waals surface area contributed by atoms with Crippen LogP contribution in [0, 0.1) is 0 Å². The number of fused-ring (bicyclic) bond motifs is 1. The van der Waals surface area contributed by atoms with Gasteiger partial charge in [0.05, 0.1) is 17.8 Å². The fraction of sp³-hybridized carbons (Fsp3) is 0.125. The molecular weight excluding hydrogens is 434 g/mol. The molecule has 4 rings (SSSR count). The van der Waals surface area contributed by atoms with Gasteiger partial charge in [0.2, 0.25) is 0 Å². The molecule has 5 nitrogen and oxygen atoms in total. The predicted molar refractivity (Wildman–Crippen MR) is 125 cm³/mol. The minimum atomic E-state index is -0.290. The number of carbonyl (C=O) groups is 1. The second-order valence-electron chi connectivity index (χ2n) is 6.57. The van der Waals surface area contributed by atoms with E-state index >= 15 is 0 Å². The van der Waals surface area contributed by atoms with Crippen LogP contribution in [0.3, 0.4) is 0 Å². The van der Waals surface area contributed by atoms with Gasteiger partial charge in [-0.15, -0.1) is 11.3 Å². The highest BCUT2D eigenvalue weighted by molar-refractivity contribution is 7.21. The zero-order valence-corrected chi connectivity index (χ0v) is 18.3. The number of benzene rings is 3. The number of carbonyl (C=O) groups excluding carboxylic acids is 1. The highest BCUT2D eigenvalue weighted by Crippen LogP contribution is 2.38. The molecule has 1 amide bonds. The van der Waals surface area contributed by atoms with E-state index in [0.717, 1.165) is 15.8 Å². The van der Waals surface area contributed by atoms with E-state index in [2.05, 4.69) is 5.32 Å². The molecule has 3 aromatic carbocycles. The predicted octanol–water partition coefficient (Wildman–Crippen LogP) is 6.27. The van der Waals surface area contributed by atoms with Crippen molar-refractivity contribution < 1.29 is 19.0 Å². The lowest BCUT2D eigenvalue weighted by Gasteiger charge is -2.13. The standard InChI is InChI=1S/C24H20ClNO4S/c1-28-17-11-12-18-21(15-17)31-23(22(18)25)24(27)26-19-9-5-6-10-20(19)30-14-13-29-16-7-3-2-4-8-16/h2-12,15H,13-14H2,1H3,(H,26,27). The minimum absolute atomic E-state index is 0.290. The third-order valence-electron chi connectivity index (χ3n) is 4.53. The van der Waals surface area contributed by atoms with Crippen molar-refractivity contribution in [2.24, 2.45) is 0 Å². The summed E-state index contributed by atoms with van der Waals surface area (Å²) < 4.78 is 17.6. The van der Waals surface area contributed by atoms with Crippen LogP contribution in [-0.2, 0) is 0 Å². The molecule has 0 unspecified atom stereocenters. The van der Waals surface area contributed by atoms with Crippen LogP contribution < -0.4 is 19.5 Å². The summed E-state index contributed by atoms with van der Waals surface area (Å²) >= 11 is 7.80. The molecular formula is C24H20ClNO4S. The number of anilines is 1. The Hall–Kier alpha value is -3.22. The molecule has 1 N–H and O–H groups in total. The molecule has 158 valence electrons. The number of para-hydroxylation sites is 3. The summed E-state index contributed by atoms with van der Waals surface area (Å²) in [6.07, 6.45) is 0. The van der Waals surface area contributed by atoms with Gasteiger partial charge in [-0.3, -0.25) is 4.79 Å².